The lowest BCUT2D eigenvalue weighted by Crippen LogP contribution is -2.66. The van der Waals surface area contributed by atoms with E-state index in [0.717, 1.165) is 12.8 Å². The summed E-state index contributed by atoms with van der Waals surface area (Å²) in [6.45, 7) is 4.67. The van der Waals surface area contributed by atoms with Crippen LogP contribution in [0.2, 0.25) is 5.02 Å². The number of aliphatic hydroxyl groups is 2. The molecule has 10 nitrogen and oxygen atoms in total. The number of rotatable bonds is 7. The maximum atomic E-state index is 14.2. The van der Waals surface area contributed by atoms with Gasteiger partial charge in [-0.2, -0.15) is 0 Å². The van der Waals surface area contributed by atoms with Gasteiger partial charge < -0.3 is 31.1 Å². The van der Waals surface area contributed by atoms with E-state index in [1.165, 1.54) is 13.2 Å². The number of carbonyl (C=O) groups excluding carboxylic acids is 3. The fourth-order valence-corrected chi connectivity index (χ4v) is 7.36. The van der Waals surface area contributed by atoms with Crippen molar-refractivity contribution in [2.75, 3.05) is 21.2 Å². The number of phenolic OH excluding ortho intramolecular Hbond substituents is 1. The van der Waals surface area contributed by atoms with Crippen LogP contribution in [0.25, 0.3) is 5.76 Å². The lowest BCUT2D eigenvalue weighted by Gasteiger charge is -2.51. The first-order valence-corrected chi connectivity index (χ1v) is 13.8. The third-order valence-corrected chi connectivity index (χ3v) is 9.82. The number of halogens is 1. The molecule has 4 atom stereocenters. The smallest absolute Gasteiger partial charge is 0.255 e. The Hall–Kier alpha value is -2.92. The lowest BCUT2D eigenvalue weighted by atomic mass is 9.57. The van der Waals surface area contributed by atoms with Gasteiger partial charge in [0.2, 0.25) is 5.78 Å². The number of ether oxygens (including phenoxy) is 1. The average molecular weight is 574 g/mol. The second-order valence-corrected chi connectivity index (χ2v) is 12.6. The van der Waals surface area contributed by atoms with Crippen molar-refractivity contribution in [1.82, 2.24) is 10.2 Å². The van der Waals surface area contributed by atoms with E-state index in [9.17, 15) is 29.7 Å². The summed E-state index contributed by atoms with van der Waals surface area (Å²) in [5.41, 5.74) is 3.71. The number of hydrogen-bond acceptors (Lipinski definition) is 9. The van der Waals surface area contributed by atoms with Gasteiger partial charge in [-0.3, -0.25) is 19.3 Å². The average Bonchev–Trinajstić information content (AvgIpc) is 3.71. The molecular formula is C29H36ClN3O7. The van der Waals surface area contributed by atoms with E-state index in [2.05, 4.69) is 19.2 Å². The quantitative estimate of drug-likeness (QED) is 0.308. The van der Waals surface area contributed by atoms with Crippen LogP contribution < -0.4 is 11.1 Å². The van der Waals surface area contributed by atoms with Crippen LogP contribution in [-0.4, -0.2) is 76.1 Å². The summed E-state index contributed by atoms with van der Waals surface area (Å²) in [5, 5.41) is 37.6. The molecule has 0 aliphatic heterocycles. The zero-order chi connectivity index (χ0) is 29.5. The fourth-order valence-electron chi connectivity index (χ4n) is 7.07. The van der Waals surface area contributed by atoms with Crippen molar-refractivity contribution in [3.05, 3.63) is 44.7 Å². The van der Waals surface area contributed by atoms with E-state index in [4.69, 9.17) is 22.1 Å². The van der Waals surface area contributed by atoms with Crippen LogP contribution in [0.1, 0.15) is 49.8 Å². The van der Waals surface area contributed by atoms with E-state index in [-0.39, 0.29) is 35.3 Å². The largest absolute Gasteiger partial charge is 0.508 e. The molecule has 0 saturated heterocycles. The van der Waals surface area contributed by atoms with Crippen LogP contribution in [0.4, 0.5) is 0 Å². The maximum Gasteiger partial charge on any atom is 0.255 e. The number of fused-ring (bicyclic) bond motifs is 3. The summed E-state index contributed by atoms with van der Waals surface area (Å²) < 4.78 is 5.68. The van der Waals surface area contributed by atoms with Crippen molar-refractivity contribution in [1.29, 1.82) is 0 Å². The van der Waals surface area contributed by atoms with Crippen molar-refractivity contribution in [2.24, 2.45) is 23.5 Å². The van der Waals surface area contributed by atoms with Gasteiger partial charge in [-0.05, 0) is 82.7 Å². The van der Waals surface area contributed by atoms with Gasteiger partial charge in [0.25, 0.3) is 5.91 Å². The number of nitrogens with one attached hydrogen (secondary N) is 1. The molecule has 2 fully saturated rings. The van der Waals surface area contributed by atoms with Gasteiger partial charge in [0.1, 0.15) is 22.8 Å². The molecule has 1 aromatic rings. The Morgan fingerprint density at radius 3 is 2.45 bits per heavy atom. The van der Waals surface area contributed by atoms with Gasteiger partial charge in [0.15, 0.2) is 11.4 Å². The Morgan fingerprint density at radius 1 is 1.25 bits per heavy atom. The minimum atomic E-state index is -2.12. The Labute approximate surface area is 237 Å². The molecule has 216 valence electrons. The first-order chi connectivity index (χ1) is 18.7. The Bertz CT molecular complexity index is 1390. The second-order valence-electron chi connectivity index (χ2n) is 12.2. The van der Waals surface area contributed by atoms with Gasteiger partial charge in [-0.25, -0.2) is 0 Å². The van der Waals surface area contributed by atoms with Gasteiger partial charge in [-0.15, -0.1) is 0 Å². The van der Waals surface area contributed by atoms with Crippen molar-refractivity contribution in [3.8, 4) is 5.75 Å². The Kier molecular flexibility index (Phi) is 6.85. The molecule has 4 aliphatic rings. The predicted molar refractivity (Wildman–Crippen MR) is 148 cm³/mol. The number of likely N-dealkylation sites (N-methyl/N-ethyl adjacent to an activating group) is 1. The zero-order valence-electron chi connectivity index (χ0n) is 23.3. The van der Waals surface area contributed by atoms with Crippen LogP contribution in [-0.2, 0) is 32.1 Å². The predicted octanol–water partition coefficient (Wildman–Crippen LogP) is 2.55. The third kappa shape index (κ3) is 3.99. The number of amides is 1. The molecule has 0 aromatic heterocycles. The van der Waals surface area contributed by atoms with Gasteiger partial charge in [0, 0.05) is 35.7 Å². The van der Waals surface area contributed by atoms with Crippen molar-refractivity contribution < 1.29 is 34.4 Å². The summed E-state index contributed by atoms with van der Waals surface area (Å²) in [6, 6.07) is 0.483. The minimum Gasteiger partial charge on any atom is -0.508 e. The van der Waals surface area contributed by atoms with Crippen LogP contribution in [0.5, 0.6) is 5.75 Å². The first kappa shape index (κ1) is 28.6. The highest BCUT2D eigenvalue weighted by atomic mass is 35.5. The number of methoxy groups -OCH3 is 1. The van der Waals surface area contributed by atoms with E-state index in [1.54, 1.807) is 19.0 Å². The summed E-state index contributed by atoms with van der Waals surface area (Å²) in [5.74, 6) is -5.12. The second kappa shape index (κ2) is 9.58. The normalized spacial score (nSPS) is 28.5. The van der Waals surface area contributed by atoms with E-state index in [1.807, 2.05) is 0 Å². The van der Waals surface area contributed by atoms with Crippen LogP contribution in [0.3, 0.4) is 0 Å². The zero-order valence-corrected chi connectivity index (χ0v) is 24.1. The van der Waals surface area contributed by atoms with Crippen molar-refractivity contribution in [3.63, 3.8) is 0 Å². The van der Waals surface area contributed by atoms with E-state index < -0.39 is 58.0 Å². The molecule has 40 heavy (non-hydrogen) atoms. The lowest BCUT2D eigenvalue weighted by molar-refractivity contribution is -0.159. The summed E-state index contributed by atoms with van der Waals surface area (Å²) in [4.78, 5) is 41.4. The first-order valence-electron chi connectivity index (χ1n) is 13.4. The Morgan fingerprint density at radius 2 is 1.90 bits per heavy atom. The van der Waals surface area contributed by atoms with Crippen molar-refractivity contribution in [2.45, 2.75) is 63.3 Å². The number of carbonyl (C=O) groups is 3. The molecule has 0 unspecified atom stereocenters. The molecule has 1 aromatic carbocycles. The van der Waals surface area contributed by atoms with Gasteiger partial charge >= 0.3 is 0 Å². The van der Waals surface area contributed by atoms with Gasteiger partial charge in [0.05, 0.1) is 11.6 Å². The van der Waals surface area contributed by atoms with Crippen molar-refractivity contribution >= 4 is 34.8 Å². The molecule has 4 aliphatic carbocycles. The molecule has 11 heteroatoms. The molecule has 2 saturated carbocycles. The summed E-state index contributed by atoms with van der Waals surface area (Å²) >= 11 is 6.87. The molecule has 1 amide bonds. The maximum absolute atomic E-state index is 14.2. The Balaban J connectivity index is 1.63. The fraction of sp³-hybridized carbons (Fsp3) is 0.552. The number of nitrogens with zero attached hydrogens (tertiary/aromatic N) is 1. The molecule has 0 bridgehead atoms. The number of primary amides is 1. The van der Waals surface area contributed by atoms with Crippen LogP contribution >= 0.6 is 11.6 Å². The standard InChI is InChI=1S/C29H36ClN3O7/c1-28(2,14-6-7-14)32-11-13-10-17(34)19-15(21(13)30)8-12-9-16-22(33(3)4)24(36)20(27(31)39)26(38)29(16,40-5)25(37)18(12)23(19)35/h10,12,14,16,22,32,34-35,38H,6-9,11H2,1-5H3,(H2,31,39)/t12-,16-,22-,29-/m0/s1. The molecular weight excluding hydrogens is 538 g/mol. The number of nitrogens with two attached hydrogens (primary N) is 1. The van der Waals surface area contributed by atoms with E-state index in [0.29, 0.717) is 28.6 Å². The number of aromatic hydroxyl groups is 1. The van der Waals surface area contributed by atoms with Crippen LogP contribution in [0.15, 0.2) is 23.0 Å². The summed E-state index contributed by atoms with van der Waals surface area (Å²) in [7, 11) is 4.46. The van der Waals surface area contributed by atoms with Crippen LogP contribution in [0, 0.1) is 17.8 Å². The SMILES string of the molecule is CO[C@]12C(=O)C3=C(O)c4c(O)cc(CNC(C)(C)C5CC5)c(Cl)c4C[C@H]3C[C@H]1[C@H](N(C)C)C(=O)C(C(N)=O)=C2O. The highest BCUT2D eigenvalue weighted by Gasteiger charge is 2.65. The minimum absolute atomic E-state index is 0.0501. The number of phenols is 1. The van der Waals surface area contributed by atoms with E-state index >= 15 is 0 Å². The molecule has 0 radical (unpaired) electrons. The molecule has 6 N–H and O–H groups in total. The highest BCUT2D eigenvalue weighted by Crippen LogP contribution is 2.55. The number of ketones is 2. The topological polar surface area (TPSA) is 162 Å². The monoisotopic (exact) mass is 573 g/mol. The molecule has 5 rings (SSSR count). The highest BCUT2D eigenvalue weighted by molar-refractivity contribution is 6.32. The number of benzene rings is 1. The molecule has 0 spiro atoms. The molecule has 0 heterocycles. The third-order valence-electron chi connectivity index (χ3n) is 9.35. The van der Waals surface area contributed by atoms with Gasteiger partial charge in [-0.1, -0.05) is 11.6 Å². The summed E-state index contributed by atoms with van der Waals surface area (Å²) in [6.07, 6.45) is 2.68. The number of Topliss-reactive ketones (excluding diaryl/α,β-unsaturated/α-hetero) is 2. The number of aliphatic hydroxyl groups excluding tert-OH is 2. The number of hydrogen-bond donors (Lipinski definition) is 5.